The molecule has 0 atom stereocenters. The number of fused-ring (bicyclic) bond motifs is 1. The first kappa shape index (κ1) is 18.6. The van der Waals surface area contributed by atoms with E-state index >= 15 is 0 Å². The number of hydrogen-bond donors (Lipinski definition) is 1. The van der Waals surface area contributed by atoms with Crippen LogP contribution in [0.5, 0.6) is 0 Å². The number of carbonyl (C=O) groups is 2. The molecule has 2 aliphatic rings. The molecule has 2 amide bonds. The van der Waals surface area contributed by atoms with Crippen molar-refractivity contribution in [2.24, 2.45) is 5.92 Å². The second-order valence-corrected chi connectivity index (χ2v) is 7.53. The van der Waals surface area contributed by atoms with Crippen molar-refractivity contribution in [2.45, 2.75) is 38.6 Å². The van der Waals surface area contributed by atoms with Crippen molar-refractivity contribution < 1.29 is 18.4 Å². The molecule has 0 radical (unpaired) electrons. The van der Waals surface area contributed by atoms with Crippen LogP contribution in [-0.2, 0) is 17.8 Å². The van der Waals surface area contributed by atoms with Crippen LogP contribution in [0.25, 0.3) is 0 Å². The molecule has 0 spiro atoms. The number of benzene rings is 2. The van der Waals surface area contributed by atoms with Gasteiger partial charge in [-0.25, -0.2) is 8.78 Å². The zero-order valence-corrected chi connectivity index (χ0v) is 15.5. The lowest BCUT2D eigenvalue weighted by atomic mass is 9.83. The molecule has 1 heterocycles. The predicted molar refractivity (Wildman–Crippen MR) is 102 cm³/mol. The van der Waals surface area contributed by atoms with E-state index in [9.17, 15) is 18.4 Å². The maximum atomic E-state index is 13.3. The fourth-order valence-electron chi connectivity index (χ4n) is 3.83. The van der Waals surface area contributed by atoms with E-state index in [1.807, 2.05) is 23.1 Å². The fourth-order valence-corrected chi connectivity index (χ4v) is 3.83. The van der Waals surface area contributed by atoms with Gasteiger partial charge in [0.1, 0.15) is 11.6 Å². The van der Waals surface area contributed by atoms with Crippen LogP contribution in [0.4, 0.5) is 14.5 Å². The van der Waals surface area contributed by atoms with E-state index in [0.29, 0.717) is 0 Å². The summed E-state index contributed by atoms with van der Waals surface area (Å²) < 4.78 is 26.6. The van der Waals surface area contributed by atoms with Gasteiger partial charge in [0.15, 0.2) is 0 Å². The number of carbonyl (C=O) groups excluding carboxylic acids is 2. The van der Waals surface area contributed by atoms with Crippen LogP contribution in [0.1, 0.15) is 47.2 Å². The Bertz CT molecular complexity index is 904. The van der Waals surface area contributed by atoms with E-state index in [-0.39, 0.29) is 23.9 Å². The largest absolute Gasteiger partial charge is 0.348 e. The Morgan fingerprint density at radius 3 is 2.46 bits per heavy atom. The van der Waals surface area contributed by atoms with Gasteiger partial charge in [0, 0.05) is 36.3 Å². The minimum atomic E-state index is -0.782. The van der Waals surface area contributed by atoms with Crippen molar-refractivity contribution in [3.63, 3.8) is 0 Å². The molecule has 1 aliphatic heterocycles. The molecule has 6 heteroatoms. The van der Waals surface area contributed by atoms with Crippen LogP contribution in [0, 0.1) is 17.6 Å². The maximum absolute atomic E-state index is 13.3. The molecule has 1 fully saturated rings. The summed E-state index contributed by atoms with van der Waals surface area (Å²) in [6.45, 7) is 1.00. The molecule has 1 saturated carbocycles. The third kappa shape index (κ3) is 3.77. The number of aryl methyl sites for hydroxylation is 1. The van der Waals surface area contributed by atoms with Crippen molar-refractivity contribution in [1.82, 2.24) is 5.32 Å². The highest BCUT2D eigenvalue weighted by Gasteiger charge is 2.32. The number of amides is 2. The first-order valence-electron chi connectivity index (χ1n) is 9.69. The first-order chi connectivity index (χ1) is 13.5. The number of anilines is 1. The molecule has 1 N–H and O–H groups in total. The normalized spacial score (nSPS) is 16.3. The minimum Gasteiger partial charge on any atom is -0.348 e. The van der Waals surface area contributed by atoms with Crippen molar-refractivity contribution in [2.75, 3.05) is 11.4 Å². The topological polar surface area (TPSA) is 49.4 Å². The van der Waals surface area contributed by atoms with Gasteiger partial charge in [0.2, 0.25) is 5.91 Å². The highest BCUT2D eigenvalue weighted by atomic mass is 19.1. The van der Waals surface area contributed by atoms with Crippen LogP contribution in [0.15, 0.2) is 36.4 Å². The lowest BCUT2D eigenvalue weighted by molar-refractivity contribution is -0.124. The summed E-state index contributed by atoms with van der Waals surface area (Å²) in [5.41, 5.74) is 2.91. The van der Waals surface area contributed by atoms with Gasteiger partial charge in [0.25, 0.3) is 5.91 Å². The molecular formula is C22H22F2N2O2. The summed E-state index contributed by atoms with van der Waals surface area (Å²) >= 11 is 0. The highest BCUT2D eigenvalue weighted by Crippen LogP contribution is 2.34. The summed E-state index contributed by atoms with van der Waals surface area (Å²) in [6.07, 6.45) is 4.90. The van der Waals surface area contributed by atoms with Crippen LogP contribution >= 0.6 is 0 Å². The molecule has 2 aromatic carbocycles. The Labute approximate surface area is 162 Å². The number of rotatable bonds is 4. The summed E-state index contributed by atoms with van der Waals surface area (Å²) in [4.78, 5) is 26.7. The minimum absolute atomic E-state index is 0.0484. The van der Waals surface area contributed by atoms with Crippen molar-refractivity contribution in [1.29, 1.82) is 0 Å². The molecule has 0 unspecified atom stereocenters. The van der Waals surface area contributed by atoms with Crippen LogP contribution < -0.4 is 10.2 Å². The van der Waals surface area contributed by atoms with E-state index in [4.69, 9.17) is 0 Å². The van der Waals surface area contributed by atoms with Gasteiger partial charge in [-0.2, -0.15) is 0 Å². The molecule has 0 bridgehead atoms. The monoisotopic (exact) mass is 384 g/mol. The molecular weight excluding hydrogens is 362 g/mol. The van der Waals surface area contributed by atoms with Gasteiger partial charge >= 0.3 is 0 Å². The number of hydrogen-bond acceptors (Lipinski definition) is 2. The maximum Gasteiger partial charge on any atom is 0.251 e. The number of halogens is 2. The highest BCUT2D eigenvalue weighted by molar-refractivity contribution is 5.96. The second kappa shape index (κ2) is 7.70. The molecule has 2 aromatic rings. The van der Waals surface area contributed by atoms with E-state index in [1.165, 1.54) is 0 Å². The van der Waals surface area contributed by atoms with Gasteiger partial charge in [-0.1, -0.05) is 18.6 Å². The second-order valence-electron chi connectivity index (χ2n) is 7.53. The van der Waals surface area contributed by atoms with Crippen LogP contribution in [0.3, 0.4) is 0 Å². The quantitative estimate of drug-likeness (QED) is 0.867. The van der Waals surface area contributed by atoms with E-state index in [1.54, 1.807) is 0 Å². The summed E-state index contributed by atoms with van der Waals surface area (Å²) in [5.74, 6) is -1.71. The molecule has 4 nitrogen and oxygen atoms in total. The Morgan fingerprint density at radius 1 is 1.04 bits per heavy atom. The predicted octanol–water partition coefficient (Wildman–Crippen LogP) is 3.97. The molecule has 0 saturated heterocycles. The van der Waals surface area contributed by atoms with Gasteiger partial charge in [-0.15, -0.1) is 0 Å². The first-order valence-corrected chi connectivity index (χ1v) is 9.69. The summed E-state index contributed by atoms with van der Waals surface area (Å²) in [6, 6.07) is 8.58. The Balaban J connectivity index is 1.45. The van der Waals surface area contributed by atoms with E-state index < -0.39 is 17.5 Å². The fraction of sp³-hybridized carbons (Fsp3) is 0.364. The summed E-state index contributed by atoms with van der Waals surface area (Å²) in [7, 11) is 0. The Hall–Kier alpha value is -2.76. The molecule has 28 heavy (non-hydrogen) atoms. The van der Waals surface area contributed by atoms with Gasteiger partial charge in [-0.3, -0.25) is 9.59 Å². The van der Waals surface area contributed by atoms with Crippen molar-refractivity contribution in [3.8, 4) is 0 Å². The lowest BCUT2D eigenvalue weighted by Crippen LogP contribution is -2.41. The van der Waals surface area contributed by atoms with Crippen LogP contribution in [0.2, 0.25) is 0 Å². The van der Waals surface area contributed by atoms with Gasteiger partial charge in [0.05, 0.1) is 0 Å². The number of nitrogens with one attached hydrogen (secondary N) is 1. The lowest BCUT2D eigenvalue weighted by Gasteiger charge is -2.35. The smallest absolute Gasteiger partial charge is 0.251 e. The molecule has 146 valence electrons. The average Bonchev–Trinajstić information content (AvgIpc) is 2.63. The van der Waals surface area contributed by atoms with E-state index in [2.05, 4.69) is 5.32 Å². The molecule has 4 rings (SSSR count). The Morgan fingerprint density at radius 2 is 1.79 bits per heavy atom. The van der Waals surface area contributed by atoms with E-state index in [0.717, 1.165) is 73.7 Å². The standard InChI is InChI=1S/C22H22F2N2O2/c23-18-10-17(11-19(24)12-18)21(27)25-13-14-6-7-20-16(9-14)5-2-8-26(20)22(28)15-3-1-4-15/h6-7,9-12,15H,1-5,8,13H2,(H,25,27). The zero-order valence-electron chi connectivity index (χ0n) is 15.5. The molecule has 1 aliphatic carbocycles. The third-order valence-corrected chi connectivity index (χ3v) is 5.56. The van der Waals surface area contributed by atoms with Gasteiger partial charge in [-0.05, 0) is 55.0 Å². The summed E-state index contributed by atoms with van der Waals surface area (Å²) in [5, 5.41) is 2.69. The average molecular weight is 384 g/mol. The number of nitrogens with zero attached hydrogens (tertiary/aromatic N) is 1. The van der Waals surface area contributed by atoms with Crippen molar-refractivity contribution in [3.05, 3.63) is 64.7 Å². The zero-order chi connectivity index (χ0) is 19.7. The third-order valence-electron chi connectivity index (χ3n) is 5.56. The van der Waals surface area contributed by atoms with Crippen molar-refractivity contribution >= 4 is 17.5 Å². The Kier molecular flexibility index (Phi) is 5.11. The van der Waals surface area contributed by atoms with Crippen LogP contribution in [-0.4, -0.2) is 18.4 Å². The SMILES string of the molecule is O=C(NCc1ccc2c(c1)CCCN2C(=O)C1CCC1)c1cc(F)cc(F)c1. The molecule has 0 aromatic heterocycles. The van der Waals surface area contributed by atoms with Gasteiger partial charge < -0.3 is 10.2 Å².